The van der Waals surface area contributed by atoms with E-state index in [-0.39, 0.29) is 24.4 Å². The monoisotopic (exact) mass is 426 g/mol. The van der Waals surface area contributed by atoms with E-state index in [1.54, 1.807) is 23.9 Å². The van der Waals surface area contributed by atoms with E-state index < -0.39 is 23.2 Å². The minimum atomic E-state index is -1.32. The average Bonchev–Trinajstić information content (AvgIpc) is 2.83. The van der Waals surface area contributed by atoms with Crippen LogP contribution in [0.1, 0.15) is 35.8 Å². The molecule has 2 amide bonds. The molecule has 2 aliphatic rings. The van der Waals surface area contributed by atoms with Crippen LogP contribution >= 0.6 is 0 Å². The largest absolute Gasteiger partial charge is 0.327 e. The van der Waals surface area contributed by atoms with Crippen LogP contribution in [-0.4, -0.2) is 42.4 Å². The van der Waals surface area contributed by atoms with E-state index >= 15 is 0 Å². The Balaban J connectivity index is 1.99. The van der Waals surface area contributed by atoms with Gasteiger partial charge < -0.3 is 9.80 Å². The lowest BCUT2D eigenvalue weighted by Crippen LogP contribution is -2.66. The van der Waals surface area contributed by atoms with E-state index in [4.69, 9.17) is 0 Å². The number of carbonyl (C=O) groups is 2. The Morgan fingerprint density at radius 2 is 1.22 bits per heavy atom. The molecule has 1 spiro atoms. The van der Waals surface area contributed by atoms with E-state index in [0.717, 1.165) is 11.1 Å². The van der Waals surface area contributed by atoms with Gasteiger partial charge in [0.2, 0.25) is 11.8 Å². The minimum absolute atomic E-state index is 0.188. The summed E-state index contributed by atoms with van der Waals surface area (Å²) < 4.78 is 0. The molecule has 0 N–H and O–H groups in total. The van der Waals surface area contributed by atoms with Crippen molar-refractivity contribution in [2.45, 2.75) is 24.7 Å². The van der Waals surface area contributed by atoms with Gasteiger partial charge >= 0.3 is 0 Å². The second-order valence-electron chi connectivity index (χ2n) is 8.91. The molecule has 6 nitrogen and oxygen atoms in total. The van der Waals surface area contributed by atoms with Gasteiger partial charge in [0.1, 0.15) is 11.3 Å². The van der Waals surface area contributed by atoms with Crippen LogP contribution in [-0.2, 0) is 9.59 Å². The molecule has 32 heavy (non-hydrogen) atoms. The summed E-state index contributed by atoms with van der Waals surface area (Å²) >= 11 is 0. The first-order chi connectivity index (χ1) is 15.4. The highest BCUT2D eigenvalue weighted by Gasteiger charge is 2.64. The van der Waals surface area contributed by atoms with Gasteiger partial charge in [-0.2, -0.15) is 10.5 Å². The molecule has 2 aromatic rings. The fourth-order valence-corrected chi connectivity index (χ4v) is 5.76. The number of nitriles is 2. The molecular weight excluding hydrogens is 400 g/mol. The lowest BCUT2D eigenvalue weighted by Gasteiger charge is -2.55. The quantitative estimate of drug-likeness (QED) is 0.703. The maximum atomic E-state index is 14.0. The predicted octanol–water partition coefficient (Wildman–Crippen LogP) is 3.50. The lowest BCUT2D eigenvalue weighted by molar-refractivity contribution is -0.173. The maximum absolute atomic E-state index is 14.0. The van der Waals surface area contributed by atoms with Crippen molar-refractivity contribution in [2.24, 2.45) is 17.3 Å². The Morgan fingerprint density at radius 1 is 0.812 bits per heavy atom. The zero-order valence-electron chi connectivity index (χ0n) is 18.3. The summed E-state index contributed by atoms with van der Waals surface area (Å²) in [4.78, 5) is 31.2. The molecule has 162 valence electrons. The standard InChI is InChI=1S/C26H26N4O2/c1-29-17-30(2)25(32)26(24(29)31)22(18-9-5-3-6-10-18)13-20(21(15-27)16-28)14-23(26)19-11-7-4-8-12-19/h3-12,20-23H,13-14,17H2,1-2H3/t20?,22-,23+. The van der Waals surface area contributed by atoms with Crippen molar-refractivity contribution in [2.75, 3.05) is 20.8 Å². The van der Waals surface area contributed by atoms with Crippen molar-refractivity contribution in [3.63, 3.8) is 0 Å². The third kappa shape index (κ3) is 3.24. The second-order valence-corrected chi connectivity index (χ2v) is 8.91. The van der Waals surface area contributed by atoms with Gasteiger partial charge in [0, 0.05) is 25.9 Å². The van der Waals surface area contributed by atoms with Crippen LogP contribution < -0.4 is 0 Å². The summed E-state index contributed by atoms with van der Waals surface area (Å²) in [5.74, 6) is -2.30. The summed E-state index contributed by atoms with van der Waals surface area (Å²) in [6.07, 6.45) is 0.858. The van der Waals surface area contributed by atoms with Crippen molar-refractivity contribution in [3.05, 3.63) is 71.8 Å². The zero-order valence-corrected chi connectivity index (χ0v) is 18.3. The van der Waals surface area contributed by atoms with Crippen molar-refractivity contribution >= 4 is 11.8 Å². The van der Waals surface area contributed by atoms with Crippen molar-refractivity contribution in [3.8, 4) is 12.1 Å². The molecule has 0 aromatic heterocycles. The fourth-order valence-electron chi connectivity index (χ4n) is 5.76. The Kier molecular flexibility index (Phi) is 5.72. The van der Waals surface area contributed by atoms with E-state index in [2.05, 4.69) is 12.1 Å². The molecule has 2 fully saturated rings. The summed E-state index contributed by atoms with van der Waals surface area (Å²) in [5, 5.41) is 19.3. The van der Waals surface area contributed by atoms with Crippen LogP contribution in [0.3, 0.4) is 0 Å². The molecule has 1 unspecified atom stereocenters. The number of benzene rings is 2. The zero-order chi connectivity index (χ0) is 22.9. The van der Waals surface area contributed by atoms with Gasteiger partial charge in [-0.3, -0.25) is 9.59 Å². The molecular formula is C26H26N4O2. The summed E-state index contributed by atoms with van der Waals surface area (Å²) in [7, 11) is 3.47. The smallest absolute Gasteiger partial charge is 0.240 e. The molecule has 0 radical (unpaired) electrons. The molecule has 1 aliphatic heterocycles. The first kappa shape index (κ1) is 21.6. The molecule has 1 heterocycles. The number of rotatable bonds is 3. The normalized spacial score (nSPS) is 25.0. The van der Waals surface area contributed by atoms with Gasteiger partial charge in [-0.05, 0) is 29.9 Å². The Labute approximate surface area is 188 Å². The highest BCUT2D eigenvalue weighted by Crippen LogP contribution is 2.60. The molecule has 2 aromatic carbocycles. The molecule has 1 saturated heterocycles. The maximum Gasteiger partial charge on any atom is 0.240 e. The average molecular weight is 427 g/mol. The Morgan fingerprint density at radius 3 is 1.59 bits per heavy atom. The SMILES string of the molecule is CN1CN(C)C(=O)C2(C1=O)[C@@H](c1ccccc1)CC(C(C#N)C#N)C[C@H]2c1ccccc1. The highest BCUT2D eigenvalue weighted by atomic mass is 16.2. The van der Waals surface area contributed by atoms with Crippen LogP contribution in [0.15, 0.2) is 60.7 Å². The van der Waals surface area contributed by atoms with E-state index in [1.165, 1.54) is 0 Å². The van der Waals surface area contributed by atoms with Gasteiger partial charge in [-0.1, -0.05) is 60.7 Å². The minimum Gasteiger partial charge on any atom is -0.327 e. The van der Waals surface area contributed by atoms with Crippen molar-refractivity contribution in [1.82, 2.24) is 9.80 Å². The topological polar surface area (TPSA) is 88.2 Å². The first-order valence-corrected chi connectivity index (χ1v) is 10.8. The first-order valence-electron chi connectivity index (χ1n) is 10.8. The third-order valence-corrected chi connectivity index (χ3v) is 7.16. The van der Waals surface area contributed by atoms with Gasteiger partial charge in [0.25, 0.3) is 0 Å². The molecule has 6 heteroatoms. The number of amides is 2. The lowest BCUT2D eigenvalue weighted by atomic mass is 9.51. The Bertz CT molecular complexity index is 1000. The van der Waals surface area contributed by atoms with Gasteiger partial charge in [-0.15, -0.1) is 0 Å². The predicted molar refractivity (Wildman–Crippen MR) is 119 cm³/mol. The van der Waals surface area contributed by atoms with E-state index in [9.17, 15) is 20.1 Å². The van der Waals surface area contributed by atoms with Gasteiger partial charge in [-0.25, -0.2) is 0 Å². The fraction of sp³-hybridized carbons (Fsp3) is 0.385. The van der Waals surface area contributed by atoms with Crippen molar-refractivity contribution < 1.29 is 9.59 Å². The third-order valence-electron chi connectivity index (χ3n) is 7.16. The van der Waals surface area contributed by atoms with Crippen LogP contribution in [0.4, 0.5) is 0 Å². The molecule has 4 rings (SSSR count). The van der Waals surface area contributed by atoms with Crippen LogP contribution in [0.25, 0.3) is 0 Å². The van der Waals surface area contributed by atoms with E-state index in [0.29, 0.717) is 12.8 Å². The summed E-state index contributed by atoms with van der Waals surface area (Å²) in [5.41, 5.74) is 0.451. The molecule has 0 bridgehead atoms. The summed E-state index contributed by atoms with van der Waals surface area (Å²) in [6.45, 7) is 0.241. The number of nitrogens with zero attached hydrogens (tertiary/aromatic N) is 4. The van der Waals surface area contributed by atoms with E-state index in [1.807, 2.05) is 60.7 Å². The Hall–Kier alpha value is -3.64. The molecule has 1 aliphatic carbocycles. The summed E-state index contributed by atoms with van der Waals surface area (Å²) in [6, 6.07) is 23.5. The second kappa shape index (κ2) is 8.48. The molecule has 3 atom stereocenters. The molecule has 1 saturated carbocycles. The highest BCUT2D eigenvalue weighted by molar-refractivity contribution is 6.09. The van der Waals surface area contributed by atoms with Crippen LogP contribution in [0.5, 0.6) is 0 Å². The van der Waals surface area contributed by atoms with Crippen LogP contribution in [0.2, 0.25) is 0 Å². The number of carbonyl (C=O) groups excluding carboxylic acids is 2. The van der Waals surface area contributed by atoms with Gasteiger partial charge in [0.15, 0.2) is 0 Å². The number of hydrogen-bond acceptors (Lipinski definition) is 4. The van der Waals surface area contributed by atoms with Crippen LogP contribution in [0, 0.1) is 39.9 Å². The van der Waals surface area contributed by atoms with Crippen molar-refractivity contribution in [1.29, 1.82) is 10.5 Å². The van der Waals surface area contributed by atoms with Gasteiger partial charge in [0.05, 0.1) is 18.8 Å². The number of hydrogen-bond donors (Lipinski definition) is 0.